The molecule has 0 atom stereocenters. The predicted octanol–water partition coefficient (Wildman–Crippen LogP) is 1.48. The smallest absolute Gasteiger partial charge is 0.212 e. The molecular weight excluding hydrogens is 152 g/mol. The first-order valence-corrected chi connectivity index (χ1v) is 3.85. The Morgan fingerprint density at radius 3 is 3.08 bits per heavy atom. The maximum absolute atomic E-state index is 5.25. The maximum Gasteiger partial charge on any atom is 0.212 e. The van der Waals surface area contributed by atoms with E-state index < -0.39 is 0 Å². The normalized spacial score (nSPS) is 9.83. The van der Waals surface area contributed by atoms with Crippen LogP contribution in [0, 0.1) is 12.3 Å². The Kier molecular flexibility index (Phi) is 2.76. The van der Waals surface area contributed by atoms with Crippen LogP contribution in [-0.4, -0.2) is 16.4 Å². The van der Waals surface area contributed by atoms with Gasteiger partial charge in [0.1, 0.15) is 0 Å². The second kappa shape index (κ2) is 3.82. The van der Waals surface area contributed by atoms with Gasteiger partial charge >= 0.3 is 0 Å². The van der Waals surface area contributed by atoms with Gasteiger partial charge in [-0.3, -0.25) is 0 Å². The van der Waals surface area contributed by atoms with Crippen molar-refractivity contribution in [3.05, 3.63) is 12.3 Å². The molecular formula is C9H12N2O. The summed E-state index contributed by atoms with van der Waals surface area (Å²) < 4.78 is 7.04. The number of hydrogen-bond donors (Lipinski definition) is 0. The fraction of sp³-hybridized carbons (Fsp3) is 0.444. The summed E-state index contributed by atoms with van der Waals surface area (Å²) in [7, 11) is 0. The molecule has 0 N–H and O–H groups in total. The molecule has 0 aliphatic rings. The standard InChI is InChI=1S/C9H12N2O/c1-4-7-12-9-5-6-10-11(9)8(2)3/h1,5-6,8H,7H2,2-3H3. The summed E-state index contributed by atoms with van der Waals surface area (Å²) in [5, 5.41) is 4.09. The van der Waals surface area contributed by atoms with Crippen LogP contribution >= 0.6 is 0 Å². The van der Waals surface area contributed by atoms with Gasteiger partial charge in [-0.1, -0.05) is 5.92 Å². The highest BCUT2D eigenvalue weighted by Crippen LogP contribution is 2.14. The molecule has 0 aliphatic carbocycles. The first kappa shape index (κ1) is 8.66. The van der Waals surface area contributed by atoms with Crippen molar-refractivity contribution in [3.8, 4) is 18.2 Å². The average Bonchev–Trinajstić information content (AvgIpc) is 2.48. The van der Waals surface area contributed by atoms with Crippen LogP contribution < -0.4 is 4.74 Å². The number of aromatic nitrogens is 2. The molecule has 0 fully saturated rings. The van der Waals surface area contributed by atoms with Gasteiger partial charge in [0, 0.05) is 6.07 Å². The first-order valence-electron chi connectivity index (χ1n) is 3.85. The lowest BCUT2D eigenvalue weighted by Gasteiger charge is -2.09. The Morgan fingerprint density at radius 1 is 1.75 bits per heavy atom. The van der Waals surface area contributed by atoms with Gasteiger partial charge in [-0.05, 0) is 13.8 Å². The second-order valence-electron chi connectivity index (χ2n) is 2.70. The van der Waals surface area contributed by atoms with Gasteiger partial charge in [-0.25, -0.2) is 4.68 Å². The van der Waals surface area contributed by atoms with Gasteiger partial charge in [0.2, 0.25) is 5.88 Å². The lowest BCUT2D eigenvalue weighted by atomic mass is 10.4. The van der Waals surface area contributed by atoms with E-state index in [-0.39, 0.29) is 0 Å². The monoisotopic (exact) mass is 164 g/mol. The van der Waals surface area contributed by atoms with Crippen LogP contribution in [0.5, 0.6) is 5.88 Å². The zero-order valence-electron chi connectivity index (χ0n) is 7.32. The fourth-order valence-electron chi connectivity index (χ4n) is 0.920. The summed E-state index contributed by atoms with van der Waals surface area (Å²) >= 11 is 0. The summed E-state index contributed by atoms with van der Waals surface area (Å²) in [6.45, 7) is 4.36. The number of rotatable bonds is 3. The molecule has 0 aromatic carbocycles. The SMILES string of the molecule is C#CCOc1ccnn1C(C)C. The van der Waals surface area contributed by atoms with Crippen molar-refractivity contribution in [1.82, 2.24) is 9.78 Å². The maximum atomic E-state index is 5.25. The van der Waals surface area contributed by atoms with E-state index in [1.54, 1.807) is 16.9 Å². The van der Waals surface area contributed by atoms with Gasteiger partial charge in [0.15, 0.2) is 6.61 Å². The highest BCUT2D eigenvalue weighted by atomic mass is 16.5. The number of hydrogen-bond acceptors (Lipinski definition) is 2. The molecule has 0 saturated heterocycles. The molecule has 0 spiro atoms. The van der Waals surface area contributed by atoms with Gasteiger partial charge in [0.05, 0.1) is 12.2 Å². The minimum atomic E-state index is 0.290. The molecule has 64 valence electrons. The fourth-order valence-corrected chi connectivity index (χ4v) is 0.920. The quantitative estimate of drug-likeness (QED) is 0.633. The van der Waals surface area contributed by atoms with Gasteiger partial charge in [-0.15, -0.1) is 6.42 Å². The second-order valence-corrected chi connectivity index (χ2v) is 2.70. The number of ether oxygens (including phenoxy) is 1. The molecule has 0 saturated carbocycles. The third kappa shape index (κ3) is 1.79. The van der Waals surface area contributed by atoms with E-state index in [1.165, 1.54) is 0 Å². The summed E-state index contributed by atoms with van der Waals surface area (Å²) in [6, 6.07) is 2.10. The van der Waals surface area contributed by atoms with Gasteiger partial charge < -0.3 is 4.74 Å². The molecule has 1 rings (SSSR count). The van der Waals surface area contributed by atoms with Crippen LogP contribution in [0.2, 0.25) is 0 Å². The van der Waals surface area contributed by atoms with Gasteiger partial charge in [0.25, 0.3) is 0 Å². The van der Waals surface area contributed by atoms with Crippen molar-refractivity contribution in [2.75, 3.05) is 6.61 Å². The Labute approximate surface area is 72.3 Å². The van der Waals surface area contributed by atoms with E-state index in [9.17, 15) is 0 Å². The third-order valence-electron chi connectivity index (χ3n) is 1.43. The zero-order chi connectivity index (χ0) is 8.97. The molecule has 0 radical (unpaired) electrons. The molecule has 3 nitrogen and oxygen atoms in total. The molecule has 0 aliphatic heterocycles. The van der Waals surface area contributed by atoms with E-state index in [0.717, 1.165) is 5.88 Å². The Morgan fingerprint density at radius 2 is 2.50 bits per heavy atom. The van der Waals surface area contributed by atoms with Crippen LogP contribution in [0.25, 0.3) is 0 Å². The number of nitrogens with zero attached hydrogens (tertiary/aromatic N) is 2. The molecule has 0 amide bonds. The van der Waals surface area contributed by atoms with Crippen LogP contribution in [0.1, 0.15) is 19.9 Å². The van der Waals surface area contributed by atoms with E-state index in [1.807, 2.05) is 13.8 Å². The highest BCUT2D eigenvalue weighted by Gasteiger charge is 2.04. The minimum absolute atomic E-state index is 0.290. The molecule has 3 heteroatoms. The Hall–Kier alpha value is -1.43. The van der Waals surface area contributed by atoms with Crippen molar-refractivity contribution in [2.45, 2.75) is 19.9 Å². The lowest BCUT2D eigenvalue weighted by molar-refractivity contribution is 0.314. The largest absolute Gasteiger partial charge is 0.465 e. The molecule has 1 aromatic heterocycles. The Bertz CT molecular complexity index is 283. The van der Waals surface area contributed by atoms with E-state index in [2.05, 4.69) is 11.0 Å². The molecule has 1 aromatic rings. The van der Waals surface area contributed by atoms with E-state index >= 15 is 0 Å². The highest BCUT2D eigenvalue weighted by molar-refractivity contribution is 5.09. The first-order chi connectivity index (χ1) is 5.75. The van der Waals surface area contributed by atoms with Crippen molar-refractivity contribution >= 4 is 0 Å². The van der Waals surface area contributed by atoms with Crippen molar-refractivity contribution in [3.63, 3.8) is 0 Å². The number of terminal acetylenes is 1. The Balaban J connectivity index is 2.72. The van der Waals surface area contributed by atoms with Gasteiger partial charge in [-0.2, -0.15) is 5.10 Å². The third-order valence-corrected chi connectivity index (χ3v) is 1.43. The van der Waals surface area contributed by atoms with Crippen molar-refractivity contribution < 1.29 is 4.74 Å². The summed E-state index contributed by atoms with van der Waals surface area (Å²) in [5.41, 5.74) is 0. The van der Waals surface area contributed by atoms with Crippen molar-refractivity contribution in [2.24, 2.45) is 0 Å². The lowest BCUT2D eigenvalue weighted by Crippen LogP contribution is -2.06. The molecule has 0 bridgehead atoms. The van der Waals surface area contributed by atoms with E-state index in [0.29, 0.717) is 12.6 Å². The van der Waals surface area contributed by atoms with Crippen LogP contribution in [-0.2, 0) is 0 Å². The minimum Gasteiger partial charge on any atom is -0.465 e. The zero-order valence-corrected chi connectivity index (χ0v) is 7.32. The van der Waals surface area contributed by atoms with Crippen LogP contribution in [0.3, 0.4) is 0 Å². The molecule has 12 heavy (non-hydrogen) atoms. The summed E-state index contributed by atoms with van der Waals surface area (Å²) in [6.07, 6.45) is 6.77. The van der Waals surface area contributed by atoms with Crippen molar-refractivity contribution in [1.29, 1.82) is 0 Å². The molecule has 0 unspecified atom stereocenters. The average molecular weight is 164 g/mol. The topological polar surface area (TPSA) is 27.1 Å². The summed E-state index contributed by atoms with van der Waals surface area (Å²) in [4.78, 5) is 0. The molecule has 1 heterocycles. The van der Waals surface area contributed by atoms with Crippen LogP contribution in [0.15, 0.2) is 12.3 Å². The van der Waals surface area contributed by atoms with Crippen LogP contribution in [0.4, 0.5) is 0 Å². The predicted molar refractivity (Wildman–Crippen MR) is 46.9 cm³/mol. The van der Waals surface area contributed by atoms with E-state index in [4.69, 9.17) is 11.2 Å². The summed E-state index contributed by atoms with van der Waals surface area (Å²) in [5.74, 6) is 3.13.